The van der Waals surface area contributed by atoms with E-state index in [9.17, 15) is 9.59 Å². The van der Waals surface area contributed by atoms with E-state index in [2.05, 4.69) is 4.98 Å². The summed E-state index contributed by atoms with van der Waals surface area (Å²) in [6.07, 6.45) is 1.81. The minimum absolute atomic E-state index is 0.0973. The topological polar surface area (TPSA) is 68.7 Å². The standard InChI is InChI=1S/C21H26N2O4/c1-4-26-21(25)11-13-23(14-18-9-5-6-12-22-18)20(24)15-27-19-10-7-8-16(2)17(19)3/h5-10,12H,4,11,13-15H2,1-3H3. The highest BCUT2D eigenvalue weighted by molar-refractivity contribution is 5.78. The van der Waals surface area contributed by atoms with Crippen LogP contribution in [-0.2, 0) is 20.9 Å². The molecule has 6 heteroatoms. The Bertz CT molecular complexity index is 762. The first-order chi connectivity index (χ1) is 13.0. The molecule has 0 unspecified atom stereocenters. The minimum atomic E-state index is -0.327. The Kier molecular flexibility index (Phi) is 7.79. The van der Waals surface area contributed by atoms with Gasteiger partial charge in [-0.05, 0) is 50.1 Å². The molecule has 0 spiro atoms. The van der Waals surface area contributed by atoms with Crippen molar-refractivity contribution in [1.82, 2.24) is 9.88 Å². The maximum absolute atomic E-state index is 12.7. The van der Waals surface area contributed by atoms with E-state index in [0.29, 0.717) is 18.9 Å². The smallest absolute Gasteiger partial charge is 0.307 e. The van der Waals surface area contributed by atoms with Gasteiger partial charge in [0, 0.05) is 12.7 Å². The van der Waals surface area contributed by atoms with Crippen LogP contribution in [0.3, 0.4) is 0 Å². The van der Waals surface area contributed by atoms with Gasteiger partial charge in [-0.15, -0.1) is 0 Å². The molecule has 144 valence electrons. The van der Waals surface area contributed by atoms with Crippen molar-refractivity contribution in [3.63, 3.8) is 0 Å². The SMILES string of the molecule is CCOC(=O)CCN(Cc1ccccn1)C(=O)COc1cccc(C)c1C. The molecule has 0 aliphatic carbocycles. The van der Waals surface area contributed by atoms with Crippen LogP contribution in [0.25, 0.3) is 0 Å². The van der Waals surface area contributed by atoms with Crippen molar-refractivity contribution in [3.05, 3.63) is 59.4 Å². The van der Waals surface area contributed by atoms with Gasteiger partial charge >= 0.3 is 5.97 Å². The Morgan fingerprint density at radius 1 is 1.11 bits per heavy atom. The van der Waals surface area contributed by atoms with Crippen LogP contribution < -0.4 is 4.74 Å². The van der Waals surface area contributed by atoms with E-state index in [1.165, 1.54) is 0 Å². The first kappa shape index (κ1) is 20.4. The largest absolute Gasteiger partial charge is 0.483 e. The molecule has 0 aliphatic rings. The third-order valence-corrected chi connectivity index (χ3v) is 4.23. The van der Waals surface area contributed by atoms with Crippen molar-refractivity contribution < 1.29 is 19.1 Å². The molecule has 1 heterocycles. The third-order valence-electron chi connectivity index (χ3n) is 4.23. The van der Waals surface area contributed by atoms with Gasteiger partial charge in [0.1, 0.15) is 5.75 Å². The van der Waals surface area contributed by atoms with Crippen LogP contribution in [0.5, 0.6) is 5.75 Å². The zero-order chi connectivity index (χ0) is 19.6. The lowest BCUT2D eigenvalue weighted by Gasteiger charge is -2.22. The van der Waals surface area contributed by atoms with Gasteiger partial charge in [-0.25, -0.2) is 0 Å². The number of hydrogen-bond donors (Lipinski definition) is 0. The highest BCUT2D eigenvalue weighted by atomic mass is 16.5. The Balaban J connectivity index is 2.02. The van der Waals surface area contributed by atoms with Gasteiger partial charge in [0.2, 0.25) is 0 Å². The lowest BCUT2D eigenvalue weighted by Crippen LogP contribution is -2.36. The molecule has 0 radical (unpaired) electrons. The normalized spacial score (nSPS) is 10.3. The second-order valence-electron chi connectivity index (χ2n) is 6.18. The van der Waals surface area contributed by atoms with Crippen LogP contribution >= 0.6 is 0 Å². The third kappa shape index (κ3) is 6.40. The predicted molar refractivity (Wildman–Crippen MR) is 102 cm³/mol. The number of amides is 1. The van der Waals surface area contributed by atoms with E-state index >= 15 is 0 Å². The predicted octanol–water partition coefficient (Wildman–Crippen LogP) is 3.06. The molecule has 0 saturated carbocycles. The first-order valence-electron chi connectivity index (χ1n) is 9.03. The van der Waals surface area contributed by atoms with Crippen molar-refractivity contribution in [2.45, 2.75) is 33.7 Å². The van der Waals surface area contributed by atoms with Gasteiger partial charge in [-0.1, -0.05) is 18.2 Å². The molecular formula is C21H26N2O4. The first-order valence-corrected chi connectivity index (χ1v) is 9.03. The molecule has 0 aliphatic heterocycles. The quantitative estimate of drug-likeness (QED) is 0.635. The zero-order valence-electron chi connectivity index (χ0n) is 16.1. The highest BCUT2D eigenvalue weighted by Gasteiger charge is 2.18. The summed E-state index contributed by atoms with van der Waals surface area (Å²) in [6.45, 7) is 6.51. The molecule has 6 nitrogen and oxygen atoms in total. The number of carbonyl (C=O) groups is 2. The van der Waals surface area contributed by atoms with Crippen LogP contribution in [-0.4, -0.2) is 41.5 Å². The summed E-state index contributed by atoms with van der Waals surface area (Å²) in [4.78, 5) is 30.2. The number of esters is 1. The lowest BCUT2D eigenvalue weighted by atomic mass is 10.1. The van der Waals surface area contributed by atoms with Crippen LogP contribution in [0, 0.1) is 13.8 Å². The molecule has 27 heavy (non-hydrogen) atoms. The molecule has 1 aromatic heterocycles. The molecular weight excluding hydrogens is 344 g/mol. The average Bonchev–Trinajstić information content (AvgIpc) is 2.67. The fraction of sp³-hybridized carbons (Fsp3) is 0.381. The van der Waals surface area contributed by atoms with Gasteiger partial charge < -0.3 is 14.4 Å². The van der Waals surface area contributed by atoms with Gasteiger partial charge in [0.25, 0.3) is 5.91 Å². The average molecular weight is 370 g/mol. The number of aromatic nitrogens is 1. The summed E-state index contributed by atoms with van der Waals surface area (Å²) >= 11 is 0. The van der Waals surface area contributed by atoms with Crippen LogP contribution in [0.2, 0.25) is 0 Å². The summed E-state index contributed by atoms with van der Waals surface area (Å²) < 4.78 is 10.7. The van der Waals surface area contributed by atoms with Gasteiger partial charge in [-0.2, -0.15) is 0 Å². The van der Waals surface area contributed by atoms with Crippen LogP contribution in [0.4, 0.5) is 0 Å². The molecule has 0 atom stereocenters. The van der Waals surface area contributed by atoms with Crippen molar-refractivity contribution in [2.75, 3.05) is 19.8 Å². The number of ether oxygens (including phenoxy) is 2. The molecule has 0 fully saturated rings. The van der Waals surface area contributed by atoms with Crippen LogP contribution in [0.1, 0.15) is 30.2 Å². The van der Waals surface area contributed by atoms with Crippen molar-refractivity contribution >= 4 is 11.9 Å². The minimum Gasteiger partial charge on any atom is -0.483 e. The Morgan fingerprint density at radius 3 is 2.63 bits per heavy atom. The van der Waals surface area contributed by atoms with Gasteiger partial charge in [0.15, 0.2) is 6.61 Å². The fourth-order valence-corrected chi connectivity index (χ4v) is 2.55. The molecule has 0 bridgehead atoms. The van der Waals surface area contributed by atoms with Crippen molar-refractivity contribution in [3.8, 4) is 5.75 Å². The lowest BCUT2D eigenvalue weighted by molar-refractivity contribution is -0.144. The molecule has 1 aromatic carbocycles. The maximum Gasteiger partial charge on any atom is 0.307 e. The Labute approximate surface area is 160 Å². The number of benzene rings is 1. The monoisotopic (exact) mass is 370 g/mol. The molecule has 0 saturated heterocycles. The number of aryl methyl sites for hydroxylation is 1. The molecule has 0 N–H and O–H groups in total. The summed E-state index contributed by atoms with van der Waals surface area (Å²) in [5, 5.41) is 0. The molecule has 2 aromatic rings. The van der Waals surface area contributed by atoms with Crippen molar-refractivity contribution in [1.29, 1.82) is 0 Å². The van der Waals surface area contributed by atoms with Crippen molar-refractivity contribution in [2.24, 2.45) is 0 Å². The Morgan fingerprint density at radius 2 is 1.93 bits per heavy atom. The number of carbonyl (C=O) groups excluding carboxylic acids is 2. The number of nitrogens with zero attached hydrogens (tertiary/aromatic N) is 2. The maximum atomic E-state index is 12.7. The van der Waals surface area contributed by atoms with E-state index in [1.807, 2.05) is 50.2 Å². The summed E-state index contributed by atoms with van der Waals surface area (Å²) in [5.41, 5.74) is 2.86. The van der Waals surface area contributed by atoms with E-state index in [-0.39, 0.29) is 31.4 Å². The fourth-order valence-electron chi connectivity index (χ4n) is 2.55. The van der Waals surface area contributed by atoms with E-state index in [4.69, 9.17) is 9.47 Å². The number of hydrogen-bond acceptors (Lipinski definition) is 5. The highest BCUT2D eigenvalue weighted by Crippen LogP contribution is 2.20. The molecule has 1 amide bonds. The summed E-state index contributed by atoms with van der Waals surface area (Å²) in [6, 6.07) is 11.3. The summed E-state index contributed by atoms with van der Waals surface area (Å²) in [7, 11) is 0. The molecule has 2 rings (SSSR count). The summed E-state index contributed by atoms with van der Waals surface area (Å²) in [5.74, 6) is 0.157. The second-order valence-corrected chi connectivity index (χ2v) is 6.18. The second kappa shape index (κ2) is 10.3. The van der Waals surface area contributed by atoms with E-state index < -0.39 is 0 Å². The van der Waals surface area contributed by atoms with E-state index in [0.717, 1.165) is 16.8 Å². The van der Waals surface area contributed by atoms with E-state index in [1.54, 1.807) is 18.0 Å². The zero-order valence-corrected chi connectivity index (χ0v) is 16.1. The Hall–Kier alpha value is -2.89. The van der Waals surface area contributed by atoms with Gasteiger partial charge in [-0.3, -0.25) is 14.6 Å². The van der Waals surface area contributed by atoms with Gasteiger partial charge in [0.05, 0.1) is 25.3 Å². The number of pyridine rings is 1. The number of rotatable bonds is 9. The van der Waals surface area contributed by atoms with Crippen LogP contribution in [0.15, 0.2) is 42.6 Å².